The van der Waals surface area contributed by atoms with Crippen LogP contribution in [-0.4, -0.2) is 33.9 Å². The lowest BCUT2D eigenvalue weighted by molar-refractivity contribution is -0.173. The number of carbonyl (C=O) groups is 2. The van der Waals surface area contributed by atoms with Crippen LogP contribution in [0.3, 0.4) is 0 Å². The van der Waals surface area contributed by atoms with Gasteiger partial charge in [0.05, 0.1) is 17.7 Å². The standard InChI is InChI=1S/C24H25F3N4O3S2/c1-12(2)34-23(33)20-13-6-3-4-7-16(13)36-22(20)29-21(32)15-11-19-28-14(17-8-5-9-35-17)10-18(24(25,26)27)31(19)30-15/h5,8-9,11-12,14,18,28H,3-4,6-7,10H2,1-2H3,(H,29,32)/t14-,18+/m0/s1. The van der Waals surface area contributed by atoms with Crippen LogP contribution < -0.4 is 10.6 Å². The lowest BCUT2D eigenvalue weighted by Gasteiger charge is -2.32. The van der Waals surface area contributed by atoms with Gasteiger partial charge in [-0.05, 0) is 56.5 Å². The van der Waals surface area contributed by atoms with Crippen LogP contribution in [0.4, 0.5) is 24.0 Å². The van der Waals surface area contributed by atoms with E-state index in [0.29, 0.717) is 17.0 Å². The van der Waals surface area contributed by atoms with Gasteiger partial charge in [0.2, 0.25) is 0 Å². The van der Waals surface area contributed by atoms with Gasteiger partial charge < -0.3 is 15.4 Å². The molecule has 3 aromatic heterocycles. The van der Waals surface area contributed by atoms with Gasteiger partial charge in [-0.1, -0.05) is 6.07 Å². The Balaban J connectivity index is 1.45. The second kappa shape index (κ2) is 9.55. The smallest absolute Gasteiger partial charge is 0.410 e. The van der Waals surface area contributed by atoms with Gasteiger partial charge in [-0.2, -0.15) is 18.3 Å². The summed E-state index contributed by atoms with van der Waals surface area (Å²) in [6.45, 7) is 3.50. The van der Waals surface area contributed by atoms with Gasteiger partial charge in [-0.3, -0.25) is 4.79 Å². The lowest BCUT2D eigenvalue weighted by Crippen LogP contribution is -2.35. The number of thiophene rings is 2. The molecular weight excluding hydrogens is 513 g/mol. The Labute approximate surface area is 213 Å². The molecule has 2 atom stereocenters. The number of hydrogen-bond donors (Lipinski definition) is 2. The summed E-state index contributed by atoms with van der Waals surface area (Å²) in [5, 5.41) is 12.0. The number of aryl methyl sites for hydroxylation is 1. The molecule has 36 heavy (non-hydrogen) atoms. The van der Waals surface area contributed by atoms with Gasteiger partial charge in [0.25, 0.3) is 5.91 Å². The Morgan fingerprint density at radius 2 is 2.06 bits per heavy atom. The molecule has 12 heteroatoms. The van der Waals surface area contributed by atoms with Crippen LogP contribution in [0.1, 0.15) is 81.4 Å². The van der Waals surface area contributed by atoms with Gasteiger partial charge in [-0.15, -0.1) is 22.7 Å². The number of alkyl halides is 3. The first kappa shape index (κ1) is 24.8. The quantitative estimate of drug-likeness (QED) is 0.369. The second-order valence-corrected chi connectivity index (χ2v) is 11.3. The molecule has 0 saturated heterocycles. The van der Waals surface area contributed by atoms with Crippen molar-refractivity contribution in [1.29, 1.82) is 0 Å². The van der Waals surface area contributed by atoms with Crippen molar-refractivity contribution in [2.24, 2.45) is 0 Å². The minimum atomic E-state index is -4.54. The first-order valence-corrected chi connectivity index (χ1v) is 13.4. The van der Waals surface area contributed by atoms with Crippen molar-refractivity contribution in [2.75, 3.05) is 10.6 Å². The van der Waals surface area contributed by atoms with E-state index in [4.69, 9.17) is 4.74 Å². The van der Waals surface area contributed by atoms with E-state index in [1.807, 2.05) is 5.38 Å². The Bertz CT molecular complexity index is 1280. The molecule has 0 spiro atoms. The van der Waals surface area contributed by atoms with E-state index in [0.717, 1.165) is 39.3 Å². The Morgan fingerprint density at radius 3 is 2.75 bits per heavy atom. The zero-order chi connectivity index (χ0) is 25.6. The molecule has 0 unspecified atom stereocenters. The number of nitrogens with zero attached hydrogens (tertiary/aromatic N) is 2. The Morgan fingerprint density at radius 1 is 1.28 bits per heavy atom. The third-order valence-electron chi connectivity index (χ3n) is 6.25. The zero-order valence-electron chi connectivity index (χ0n) is 19.6. The number of ether oxygens (including phenoxy) is 1. The number of esters is 1. The van der Waals surface area contributed by atoms with E-state index in [9.17, 15) is 22.8 Å². The summed E-state index contributed by atoms with van der Waals surface area (Å²) in [5.41, 5.74) is 1.06. The largest absolute Gasteiger partial charge is 0.459 e. The zero-order valence-corrected chi connectivity index (χ0v) is 21.3. The Hall–Kier alpha value is -2.86. The summed E-state index contributed by atoms with van der Waals surface area (Å²) < 4.78 is 48.1. The van der Waals surface area contributed by atoms with Crippen LogP contribution in [0.5, 0.6) is 0 Å². The molecule has 0 aromatic carbocycles. The Kier molecular flexibility index (Phi) is 6.58. The third-order valence-corrected chi connectivity index (χ3v) is 8.45. The summed E-state index contributed by atoms with van der Waals surface area (Å²) in [5.74, 6) is -1.07. The fraction of sp³-hybridized carbons (Fsp3) is 0.458. The summed E-state index contributed by atoms with van der Waals surface area (Å²) in [4.78, 5) is 27.8. The molecule has 192 valence electrons. The predicted octanol–water partition coefficient (Wildman–Crippen LogP) is 6.36. The highest BCUT2D eigenvalue weighted by molar-refractivity contribution is 7.17. The molecule has 0 fully saturated rings. The molecular formula is C24H25F3N4O3S2. The fourth-order valence-corrected chi connectivity index (χ4v) is 6.73. The van der Waals surface area contributed by atoms with Crippen molar-refractivity contribution in [1.82, 2.24) is 9.78 Å². The maximum Gasteiger partial charge on any atom is 0.410 e. The normalized spacial score (nSPS) is 19.4. The summed E-state index contributed by atoms with van der Waals surface area (Å²) in [6, 6.07) is 2.49. The molecule has 4 heterocycles. The molecule has 1 aliphatic heterocycles. The van der Waals surface area contributed by atoms with Crippen LogP contribution in [-0.2, 0) is 17.6 Å². The number of nitrogens with one attached hydrogen (secondary N) is 2. The number of anilines is 2. The average molecular weight is 539 g/mol. The molecule has 2 aliphatic rings. The number of halogens is 3. The van der Waals surface area contributed by atoms with E-state index in [1.165, 1.54) is 28.7 Å². The van der Waals surface area contributed by atoms with Crippen molar-refractivity contribution < 1.29 is 27.5 Å². The molecule has 1 amide bonds. The van der Waals surface area contributed by atoms with Gasteiger partial charge in [0.1, 0.15) is 10.8 Å². The van der Waals surface area contributed by atoms with Crippen LogP contribution in [0.25, 0.3) is 0 Å². The number of hydrogen-bond acceptors (Lipinski definition) is 7. The number of aromatic nitrogens is 2. The third kappa shape index (κ3) is 4.75. The topological polar surface area (TPSA) is 85.2 Å². The van der Waals surface area contributed by atoms with Gasteiger partial charge in [0.15, 0.2) is 11.7 Å². The maximum atomic E-state index is 13.9. The number of amides is 1. The lowest BCUT2D eigenvalue weighted by atomic mass is 9.95. The van der Waals surface area contributed by atoms with E-state index in [2.05, 4.69) is 15.7 Å². The first-order chi connectivity index (χ1) is 17.1. The SMILES string of the molecule is CC(C)OC(=O)c1c(NC(=O)c2cc3n(n2)[C@@H](C(F)(F)F)C[C@@H](c2cccs2)N3)sc2c1CCCC2. The summed E-state index contributed by atoms with van der Waals surface area (Å²) >= 11 is 2.69. The highest BCUT2D eigenvalue weighted by Gasteiger charge is 2.47. The minimum absolute atomic E-state index is 0.122. The molecule has 0 saturated carbocycles. The van der Waals surface area contributed by atoms with Gasteiger partial charge >= 0.3 is 12.1 Å². The van der Waals surface area contributed by atoms with Crippen molar-refractivity contribution in [2.45, 2.75) is 70.3 Å². The van der Waals surface area contributed by atoms with Crippen molar-refractivity contribution >= 4 is 45.4 Å². The van der Waals surface area contributed by atoms with Crippen LogP contribution >= 0.6 is 22.7 Å². The van der Waals surface area contributed by atoms with Crippen LogP contribution in [0, 0.1) is 0 Å². The van der Waals surface area contributed by atoms with Crippen molar-refractivity contribution in [3.8, 4) is 0 Å². The highest BCUT2D eigenvalue weighted by atomic mass is 32.1. The minimum Gasteiger partial charge on any atom is -0.459 e. The summed E-state index contributed by atoms with van der Waals surface area (Å²) in [7, 11) is 0. The van der Waals surface area contributed by atoms with Crippen LogP contribution in [0.15, 0.2) is 23.6 Å². The highest BCUT2D eigenvalue weighted by Crippen LogP contribution is 2.45. The molecule has 0 radical (unpaired) electrons. The van der Waals surface area contributed by atoms with Crippen LogP contribution in [0.2, 0.25) is 0 Å². The number of fused-ring (bicyclic) bond motifs is 2. The molecule has 7 nitrogen and oxygen atoms in total. The second-order valence-electron chi connectivity index (χ2n) is 9.19. The molecule has 1 aliphatic carbocycles. The van der Waals surface area contributed by atoms with Crippen molar-refractivity contribution in [3.05, 3.63) is 50.2 Å². The van der Waals surface area contributed by atoms with E-state index < -0.39 is 30.1 Å². The maximum absolute atomic E-state index is 13.9. The first-order valence-electron chi connectivity index (χ1n) is 11.7. The molecule has 3 aromatic rings. The van der Waals surface area contributed by atoms with Gasteiger partial charge in [0, 0.05) is 22.2 Å². The molecule has 0 bridgehead atoms. The van der Waals surface area contributed by atoms with Gasteiger partial charge in [-0.25, -0.2) is 9.48 Å². The number of rotatable bonds is 5. The molecule has 5 rings (SSSR count). The van der Waals surface area contributed by atoms with E-state index in [1.54, 1.807) is 26.0 Å². The fourth-order valence-electron chi connectivity index (χ4n) is 4.67. The predicted molar refractivity (Wildman–Crippen MR) is 132 cm³/mol. The van der Waals surface area contributed by atoms with E-state index in [-0.39, 0.29) is 24.0 Å². The summed E-state index contributed by atoms with van der Waals surface area (Å²) in [6.07, 6.45) is -1.66. The van der Waals surface area contributed by atoms with E-state index >= 15 is 0 Å². The average Bonchev–Trinajstić information content (AvgIpc) is 3.54. The number of carbonyl (C=O) groups excluding carboxylic acids is 2. The van der Waals surface area contributed by atoms with Crippen molar-refractivity contribution in [3.63, 3.8) is 0 Å². The molecule has 2 N–H and O–H groups in total. The monoisotopic (exact) mass is 538 g/mol.